The number of ether oxygens (including phenoxy) is 1. The monoisotopic (exact) mass is 230 g/mol. The summed E-state index contributed by atoms with van der Waals surface area (Å²) in [6.07, 6.45) is -1.52. The quantitative estimate of drug-likeness (QED) is 0.530. The molecule has 3 N–H and O–H groups in total. The molecule has 2 aliphatic heterocycles. The van der Waals surface area contributed by atoms with Gasteiger partial charge < -0.3 is 14.9 Å². The van der Waals surface area contributed by atoms with E-state index in [1.807, 2.05) is 0 Å². The maximum atomic E-state index is 11.5. The molecule has 2 heterocycles. The zero-order chi connectivity index (χ0) is 11.7. The molecule has 0 radical (unpaired) electrons. The van der Waals surface area contributed by atoms with E-state index >= 15 is 0 Å². The predicted molar refractivity (Wildman–Crippen MR) is 51.2 cm³/mol. The van der Waals surface area contributed by atoms with Crippen LogP contribution in [0.5, 0.6) is 0 Å². The Morgan fingerprint density at radius 1 is 1.50 bits per heavy atom. The third-order valence-corrected chi connectivity index (χ3v) is 2.82. The Labute approximate surface area is 92.0 Å². The number of carbonyl (C=O) groups excluding carboxylic acids is 2. The summed E-state index contributed by atoms with van der Waals surface area (Å²) < 4.78 is 5.32. The number of nitrogens with zero attached hydrogens (tertiary/aromatic N) is 1. The van der Waals surface area contributed by atoms with Gasteiger partial charge in [0.1, 0.15) is 12.3 Å². The molecule has 7 heteroatoms. The second kappa shape index (κ2) is 4.36. The van der Waals surface area contributed by atoms with Gasteiger partial charge in [0.2, 0.25) is 5.91 Å². The van der Waals surface area contributed by atoms with Crippen LogP contribution >= 0.6 is 0 Å². The standard InChI is InChI=1S/C9H14N2O5/c12-4-6-5(13)3-8(16-6)11-2-1-7(14)10-9(11)15/h5-6,8,12-13H,1-4H2,(H,10,14,15)/t5-,6-,8-/m0/s1. The summed E-state index contributed by atoms with van der Waals surface area (Å²) in [5.41, 5.74) is 0. The Hall–Kier alpha value is -1.18. The average Bonchev–Trinajstić information content (AvgIpc) is 2.59. The normalized spacial score (nSPS) is 35.4. The molecule has 2 fully saturated rings. The SMILES string of the molecule is O=C1CCN([C@@H]2C[C@H](O)[C@H](CO)O2)C(=O)N1. The molecule has 0 bridgehead atoms. The van der Waals surface area contributed by atoms with Gasteiger partial charge >= 0.3 is 6.03 Å². The lowest BCUT2D eigenvalue weighted by Crippen LogP contribution is -2.53. The first-order chi connectivity index (χ1) is 7.61. The molecule has 2 aliphatic rings. The molecule has 90 valence electrons. The summed E-state index contributed by atoms with van der Waals surface area (Å²) in [4.78, 5) is 23.8. The maximum Gasteiger partial charge on any atom is 0.326 e. The number of hydrogen-bond acceptors (Lipinski definition) is 5. The van der Waals surface area contributed by atoms with E-state index in [1.165, 1.54) is 4.90 Å². The van der Waals surface area contributed by atoms with Crippen molar-refractivity contribution < 1.29 is 24.5 Å². The van der Waals surface area contributed by atoms with E-state index in [9.17, 15) is 14.7 Å². The Balaban J connectivity index is 1.98. The lowest BCUT2D eigenvalue weighted by Gasteiger charge is -2.31. The van der Waals surface area contributed by atoms with Crippen molar-refractivity contribution in [3.8, 4) is 0 Å². The number of amides is 3. The Bertz CT molecular complexity index is 308. The van der Waals surface area contributed by atoms with Gasteiger partial charge in [-0.15, -0.1) is 0 Å². The summed E-state index contributed by atoms with van der Waals surface area (Å²) in [5, 5.41) is 20.6. The fraction of sp³-hybridized carbons (Fsp3) is 0.778. The van der Waals surface area contributed by atoms with Crippen molar-refractivity contribution >= 4 is 11.9 Å². The van der Waals surface area contributed by atoms with E-state index in [0.717, 1.165) is 0 Å². The first-order valence-corrected chi connectivity index (χ1v) is 5.16. The van der Waals surface area contributed by atoms with Crippen LogP contribution in [0.1, 0.15) is 12.8 Å². The van der Waals surface area contributed by atoms with Gasteiger partial charge in [-0.1, -0.05) is 0 Å². The molecular weight excluding hydrogens is 216 g/mol. The number of nitrogens with one attached hydrogen (secondary N) is 1. The molecule has 3 amide bonds. The lowest BCUT2D eigenvalue weighted by molar-refractivity contribution is -0.123. The fourth-order valence-corrected chi connectivity index (χ4v) is 1.92. The molecule has 0 aromatic rings. The van der Waals surface area contributed by atoms with E-state index in [4.69, 9.17) is 9.84 Å². The third-order valence-electron chi connectivity index (χ3n) is 2.82. The Kier molecular flexibility index (Phi) is 3.08. The van der Waals surface area contributed by atoms with Crippen LogP contribution in [0, 0.1) is 0 Å². The Morgan fingerprint density at radius 2 is 2.25 bits per heavy atom. The molecule has 0 saturated carbocycles. The highest BCUT2D eigenvalue weighted by Crippen LogP contribution is 2.24. The number of imide groups is 1. The molecule has 3 atom stereocenters. The summed E-state index contributed by atoms with van der Waals surface area (Å²) in [7, 11) is 0. The molecule has 2 rings (SSSR count). The van der Waals surface area contributed by atoms with E-state index < -0.39 is 24.5 Å². The van der Waals surface area contributed by atoms with Gasteiger partial charge in [0.05, 0.1) is 12.7 Å². The van der Waals surface area contributed by atoms with Gasteiger partial charge in [0.15, 0.2) is 0 Å². The minimum Gasteiger partial charge on any atom is -0.394 e. The highest BCUT2D eigenvalue weighted by molar-refractivity contribution is 5.96. The van der Waals surface area contributed by atoms with Gasteiger partial charge in [-0.2, -0.15) is 0 Å². The number of hydrogen-bond donors (Lipinski definition) is 3. The van der Waals surface area contributed by atoms with E-state index in [0.29, 0.717) is 0 Å². The first-order valence-electron chi connectivity index (χ1n) is 5.16. The van der Waals surface area contributed by atoms with Crippen molar-refractivity contribution in [2.75, 3.05) is 13.2 Å². The highest BCUT2D eigenvalue weighted by atomic mass is 16.5. The number of rotatable bonds is 2. The molecule has 0 aromatic carbocycles. The van der Waals surface area contributed by atoms with Gasteiger partial charge in [0, 0.05) is 19.4 Å². The maximum absolute atomic E-state index is 11.5. The van der Waals surface area contributed by atoms with E-state index in [1.54, 1.807) is 0 Å². The van der Waals surface area contributed by atoms with Gasteiger partial charge in [-0.3, -0.25) is 15.0 Å². The molecule has 0 unspecified atom stereocenters. The van der Waals surface area contributed by atoms with Crippen LogP contribution in [0.3, 0.4) is 0 Å². The fourth-order valence-electron chi connectivity index (χ4n) is 1.92. The van der Waals surface area contributed by atoms with Gasteiger partial charge in [-0.25, -0.2) is 4.79 Å². The number of aliphatic hydroxyl groups is 2. The molecule has 0 spiro atoms. The smallest absolute Gasteiger partial charge is 0.326 e. The second-order valence-corrected chi connectivity index (χ2v) is 3.91. The number of carbonyl (C=O) groups is 2. The van der Waals surface area contributed by atoms with Crippen molar-refractivity contribution in [3.05, 3.63) is 0 Å². The average molecular weight is 230 g/mol. The third kappa shape index (κ3) is 2.01. The van der Waals surface area contributed by atoms with Gasteiger partial charge in [0.25, 0.3) is 0 Å². The van der Waals surface area contributed by atoms with E-state index in [-0.39, 0.29) is 31.9 Å². The molecule has 16 heavy (non-hydrogen) atoms. The summed E-state index contributed by atoms with van der Waals surface area (Å²) in [6.45, 7) is -0.00768. The van der Waals surface area contributed by atoms with Crippen LogP contribution in [0.4, 0.5) is 4.79 Å². The molecule has 0 aliphatic carbocycles. The summed E-state index contributed by atoms with van der Waals surface area (Å²) in [5.74, 6) is -0.307. The summed E-state index contributed by atoms with van der Waals surface area (Å²) >= 11 is 0. The van der Waals surface area contributed by atoms with Crippen LogP contribution in [-0.4, -0.2) is 58.6 Å². The van der Waals surface area contributed by atoms with Crippen molar-refractivity contribution in [3.63, 3.8) is 0 Å². The molecular formula is C9H14N2O5. The predicted octanol–water partition coefficient (Wildman–Crippen LogP) is -1.60. The zero-order valence-corrected chi connectivity index (χ0v) is 8.63. The van der Waals surface area contributed by atoms with Crippen LogP contribution in [-0.2, 0) is 9.53 Å². The minimum atomic E-state index is -0.777. The molecule has 7 nitrogen and oxygen atoms in total. The van der Waals surface area contributed by atoms with Crippen molar-refractivity contribution in [2.24, 2.45) is 0 Å². The second-order valence-electron chi connectivity index (χ2n) is 3.91. The van der Waals surface area contributed by atoms with E-state index in [2.05, 4.69) is 5.32 Å². The summed E-state index contributed by atoms with van der Waals surface area (Å²) in [6, 6.07) is -0.507. The largest absolute Gasteiger partial charge is 0.394 e. The van der Waals surface area contributed by atoms with Crippen LogP contribution in [0.2, 0.25) is 0 Å². The topological polar surface area (TPSA) is 99.1 Å². The molecule has 2 saturated heterocycles. The first kappa shape index (κ1) is 11.3. The number of urea groups is 1. The lowest BCUT2D eigenvalue weighted by atomic mass is 10.2. The van der Waals surface area contributed by atoms with Crippen LogP contribution in [0.15, 0.2) is 0 Å². The zero-order valence-electron chi connectivity index (χ0n) is 8.63. The number of aliphatic hydroxyl groups excluding tert-OH is 2. The van der Waals surface area contributed by atoms with Crippen molar-refractivity contribution in [1.82, 2.24) is 10.2 Å². The minimum absolute atomic E-state index is 0.228. The Morgan fingerprint density at radius 3 is 2.81 bits per heavy atom. The van der Waals surface area contributed by atoms with Crippen LogP contribution in [0.25, 0.3) is 0 Å². The highest BCUT2D eigenvalue weighted by Gasteiger charge is 2.40. The van der Waals surface area contributed by atoms with Gasteiger partial charge in [-0.05, 0) is 0 Å². The van der Waals surface area contributed by atoms with Crippen molar-refractivity contribution in [1.29, 1.82) is 0 Å². The van der Waals surface area contributed by atoms with Crippen molar-refractivity contribution in [2.45, 2.75) is 31.3 Å². The van der Waals surface area contributed by atoms with Crippen LogP contribution < -0.4 is 5.32 Å². The molecule has 0 aromatic heterocycles.